The number of anilines is 1. The van der Waals surface area contributed by atoms with Gasteiger partial charge in [0, 0.05) is 11.3 Å². The lowest BCUT2D eigenvalue weighted by molar-refractivity contribution is -0.137. The lowest BCUT2D eigenvalue weighted by Gasteiger charge is -2.08. The van der Waals surface area contributed by atoms with E-state index in [9.17, 15) is 14.4 Å². The third kappa shape index (κ3) is 7.11. The van der Waals surface area contributed by atoms with Crippen LogP contribution < -0.4 is 15.4 Å². The molecule has 2 amide bonds. The van der Waals surface area contributed by atoms with Crippen LogP contribution in [-0.4, -0.2) is 36.0 Å². The SMILES string of the molecule is CCCCOc1ccc(C(=O)Nc2ccc(CC(=O)NCC(=O)O)cc2)cc1. The van der Waals surface area contributed by atoms with Crippen molar-refractivity contribution < 1.29 is 24.2 Å². The first-order valence-electron chi connectivity index (χ1n) is 9.09. The summed E-state index contributed by atoms with van der Waals surface area (Å²) in [4.78, 5) is 34.4. The highest BCUT2D eigenvalue weighted by Crippen LogP contribution is 2.15. The number of aliphatic carboxylic acids is 1. The number of nitrogens with one attached hydrogen (secondary N) is 2. The van der Waals surface area contributed by atoms with Crippen LogP contribution in [0.5, 0.6) is 5.75 Å². The summed E-state index contributed by atoms with van der Waals surface area (Å²) >= 11 is 0. The van der Waals surface area contributed by atoms with Crippen molar-refractivity contribution in [2.75, 3.05) is 18.5 Å². The van der Waals surface area contributed by atoms with Crippen LogP contribution >= 0.6 is 0 Å². The van der Waals surface area contributed by atoms with Crippen LogP contribution in [0.15, 0.2) is 48.5 Å². The number of carbonyl (C=O) groups excluding carboxylic acids is 2. The molecule has 0 saturated heterocycles. The minimum Gasteiger partial charge on any atom is -0.494 e. The Kier molecular flexibility index (Phi) is 8.02. The molecule has 0 heterocycles. The molecule has 2 aromatic rings. The highest BCUT2D eigenvalue weighted by molar-refractivity contribution is 6.04. The molecule has 0 fully saturated rings. The van der Waals surface area contributed by atoms with Gasteiger partial charge in [0.25, 0.3) is 5.91 Å². The first-order valence-corrected chi connectivity index (χ1v) is 9.09. The number of carboxylic acids is 1. The van der Waals surface area contributed by atoms with Crippen LogP contribution in [0.25, 0.3) is 0 Å². The molecule has 0 aliphatic heterocycles. The first-order chi connectivity index (χ1) is 13.5. The van der Waals surface area contributed by atoms with Crippen molar-refractivity contribution in [1.29, 1.82) is 0 Å². The van der Waals surface area contributed by atoms with Gasteiger partial charge in [0.15, 0.2) is 0 Å². The quantitative estimate of drug-likeness (QED) is 0.547. The molecule has 0 aliphatic rings. The molecule has 2 rings (SSSR count). The van der Waals surface area contributed by atoms with E-state index < -0.39 is 12.5 Å². The van der Waals surface area contributed by atoms with Gasteiger partial charge in [-0.15, -0.1) is 0 Å². The molecule has 0 atom stereocenters. The summed E-state index contributed by atoms with van der Waals surface area (Å²) in [5, 5.41) is 13.6. The Labute approximate surface area is 163 Å². The molecule has 0 unspecified atom stereocenters. The fraction of sp³-hybridized carbons (Fsp3) is 0.286. The zero-order chi connectivity index (χ0) is 20.4. The molecule has 28 heavy (non-hydrogen) atoms. The van der Waals surface area contributed by atoms with E-state index in [4.69, 9.17) is 9.84 Å². The number of carbonyl (C=O) groups is 3. The van der Waals surface area contributed by atoms with E-state index in [-0.39, 0.29) is 18.2 Å². The number of benzene rings is 2. The zero-order valence-corrected chi connectivity index (χ0v) is 15.7. The van der Waals surface area contributed by atoms with Gasteiger partial charge >= 0.3 is 5.97 Å². The maximum Gasteiger partial charge on any atom is 0.322 e. The van der Waals surface area contributed by atoms with Crippen molar-refractivity contribution >= 4 is 23.5 Å². The predicted octanol–water partition coefficient (Wildman–Crippen LogP) is 2.86. The summed E-state index contributed by atoms with van der Waals surface area (Å²) in [5.74, 6) is -0.977. The molecule has 0 bridgehead atoms. The van der Waals surface area contributed by atoms with Crippen LogP contribution in [-0.2, 0) is 16.0 Å². The number of carboxylic acid groups (broad SMARTS) is 1. The summed E-state index contributed by atoms with van der Waals surface area (Å²) in [7, 11) is 0. The molecule has 0 radical (unpaired) electrons. The van der Waals surface area contributed by atoms with Crippen molar-refractivity contribution in [2.24, 2.45) is 0 Å². The van der Waals surface area contributed by atoms with Gasteiger partial charge in [0.2, 0.25) is 5.91 Å². The van der Waals surface area contributed by atoms with E-state index in [0.29, 0.717) is 17.9 Å². The molecule has 2 aromatic carbocycles. The average Bonchev–Trinajstić information content (AvgIpc) is 2.68. The van der Waals surface area contributed by atoms with E-state index in [0.717, 1.165) is 24.2 Å². The molecular weight excluding hydrogens is 360 g/mol. The number of unbranched alkanes of at least 4 members (excludes halogenated alkanes) is 1. The zero-order valence-electron chi connectivity index (χ0n) is 15.7. The van der Waals surface area contributed by atoms with Gasteiger partial charge in [0.1, 0.15) is 12.3 Å². The van der Waals surface area contributed by atoms with Crippen LogP contribution in [0, 0.1) is 0 Å². The van der Waals surface area contributed by atoms with Crippen molar-refractivity contribution in [1.82, 2.24) is 5.32 Å². The Bertz CT molecular complexity index is 801. The van der Waals surface area contributed by atoms with Crippen LogP contribution in [0.1, 0.15) is 35.7 Å². The molecule has 3 N–H and O–H groups in total. The molecule has 0 aromatic heterocycles. The number of ether oxygens (including phenoxy) is 1. The van der Waals surface area contributed by atoms with Crippen LogP contribution in [0.4, 0.5) is 5.69 Å². The Morgan fingerprint density at radius 1 is 1.00 bits per heavy atom. The van der Waals surface area contributed by atoms with Gasteiger partial charge in [-0.3, -0.25) is 14.4 Å². The topological polar surface area (TPSA) is 105 Å². The second kappa shape index (κ2) is 10.7. The fourth-order valence-corrected chi connectivity index (χ4v) is 2.37. The van der Waals surface area contributed by atoms with Crippen LogP contribution in [0.2, 0.25) is 0 Å². The summed E-state index contributed by atoms with van der Waals surface area (Å²) in [6.07, 6.45) is 2.12. The predicted molar refractivity (Wildman–Crippen MR) is 106 cm³/mol. The minimum atomic E-state index is -1.09. The Morgan fingerprint density at radius 3 is 2.29 bits per heavy atom. The van der Waals surface area contributed by atoms with Crippen molar-refractivity contribution in [3.63, 3.8) is 0 Å². The summed E-state index contributed by atoms with van der Waals surface area (Å²) in [6.45, 7) is 2.34. The molecular formula is C21H24N2O5. The van der Waals surface area contributed by atoms with Crippen LogP contribution in [0.3, 0.4) is 0 Å². The van der Waals surface area contributed by atoms with Gasteiger partial charge in [0.05, 0.1) is 13.0 Å². The van der Waals surface area contributed by atoms with Gasteiger partial charge in [-0.2, -0.15) is 0 Å². The largest absolute Gasteiger partial charge is 0.494 e. The third-order valence-electron chi connectivity index (χ3n) is 3.90. The first kappa shape index (κ1) is 21.0. The Balaban J connectivity index is 1.86. The third-order valence-corrected chi connectivity index (χ3v) is 3.90. The maximum atomic E-state index is 12.3. The lowest BCUT2D eigenvalue weighted by Crippen LogP contribution is -2.30. The van der Waals surface area contributed by atoms with Gasteiger partial charge < -0.3 is 20.5 Å². The number of rotatable bonds is 10. The normalized spacial score (nSPS) is 10.2. The molecule has 0 aliphatic carbocycles. The molecule has 148 valence electrons. The Morgan fingerprint density at radius 2 is 1.68 bits per heavy atom. The van der Waals surface area contributed by atoms with Crippen molar-refractivity contribution in [3.8, 4) is 5.75 Å². The van der Waals surface area contributed by atoms with E-state index in [1.165, 1.54) is 0 Å². The van der Waals surface area contributed by atoms with Gasteiger partial charge in [-0.1, -0.05) is 25.5 Å². The standard InChI is InChI=1S/C21H24N2O5/c1-2-3-12-28-18-10-6-16(7-11-18)21(27)23-17-8-4-15(5-9-17)13-19(24)22-14-20(25)26/h4-11H,2-3,12-14H2,1H3,(H,22,24)(H,23,27)(H,25,26). The summed E-state index contributed by atoms with van der Waals surface area (Å²) in [5.41, 5.74) is 1.83. The molecule has 7 heteroatoms. The van der Waals surface area contributed by atoms with Gasteiger partial charge in [-0.25, -0.2) is 0 Å². The second-order valence-electron chi connectivity index (χ2n) is 6.22. The fourth-order valence-electron chi connectivity index (χ4n) is 2.37. The smallest absolute Gasteiger partial charge is 0.322 e. The van der Waals surface area contributed by atoms with Gasteiger partial charge in [-0.05, 0) is 48.4 Å². The molecule has 7 nitrogen and oxygen atoms in total. The maximum absolute atomic E-state index is 12.3. The van der Waals surface area contributed by atoms with Crippen molar-refractivity contribution in [3.05, 3.63) is 59.7 Å². The number of hydrogen-bond donors (Lipinski definition) is 3. The number of hydrogen-bond acceptors (Lipinski definition) is 4. The Hall–Kier alpha value is -3.35. The highest BCUT2D eigenvalue weighted by atomic mass is 16.5. The van der Waals surface area contributed by atoms with E-state index in [1.807, 2.05) is 0 Å². The summed E-state index contributed by atoms with van der Waals surface area (Å²) < 4.78 is 5.58. The average molecular weight is 384 g/mol. The highest BCUT2D eigenvalue weighted by Gasteiger charge is 2.08. The van der Waals surface area contributed by atoms with E-state index >= 15 is 0 Å². The monoisotopic (exact) mass is 384 g/mol. The minimum absolute atomic E-state index is 0.0704. The second-order valence-corrected chi connectivity index (χ2v) is 6.22. The molecule has 0 spiro atoms. The number of amides is 2. The lowest BCUT2D eigenvalue weighted by atomic mass is 10.1. The summed E-state index contributed by atoms with van der Waals surface area (Å²) in [6, 6.07) is 13.8. The van der Waals surface area contributed by atoms with Crippen molar-refractivity contribution in [2.45, 2.75) is 26.2 Å². The molecule has 0 saturated carbocycles. The van der Waals surface area contributed by atoms with E-state index in [2.05, 4.69) is 17.6 Å². The van der Waals surface area contributed by atoms with E-state index in [1.54, 1.807) is 48.5 Å².